The van der Waals surface area contributed by atoms with E-state index in [1.54, 1.807) is 12.6 Å². The number of carbonyl (C=O) groups excluding carboxylic acids is 1. The third kappa shape index (κ3) is 3.03. The van der Waals surface area contributed by atoms with Gasteiger partial charge in [-0.05, 0) is 29.5 Å². The summed E-state index contributed by atoms with van der Waals surface area (Å²) in [4.78, 5) is 21.0. The molecule has 0 aliphatic carbocycles. The first-order valence-corrected chi connectivity index (χ1v) is 9.20. The number of methoxy groups -OCH3 is 1. The van der Waals surface area contributed by atoms with Crippen LogP contribution in [0.3, 0.4) is 0 Å². The summed E-state index contributed by atoms with van der Waals surface area (Å²) in [6.07, 6.45) is 0. The SMILES string of the molecule is COc1ccc(CN2CC3CN(C(=O)c4cscn4)CC3C2)cc1. The molecule has 6 heteroatoms. The van der Waals surface area contributed by atoms with E-state index >= 15 is 0 Å². The lowest BCUT2D eigenvalue weighted by atomic mass is 10.0. The fraction of sp³-hybridized carbons (Fsp3) is 0.444. The number of thiazole rings is 1. The average molecular weight is 343 g/mol. The largest absolute Gasteiger partial charge is 0.497 e. The molecule has 24 heavy (non-hydrogen) atoms. The highest BCUT2D eigenvalue weighted by molar-refractivity contribution is 7.07. The summed E-state index contributed by atoms with van der Waals surface area (Å²) in [5.41, 5.74) is 3.63. The molecule has 2 unspecified atom stereocenters. The number of rotatable bonds is 4. The van der Waals surface area contributed by atoms with Gasteiger partial charge in [-0.3, -0.25) is 9.69 Å². The molecule has 0 spiro atoms. The van der Waals surface area contributed by atoms with Crippen LogP contribution in [0, 0.1) is 11.8 Å². The van der Waals surface area contributed by atoms with Crippen molar-refractivity contribution < 1.29 is 9.53 Å². The minimum Gasteiger partial charge on any atom is -0.497 e. The predicted molar refractivity (Wildman–Crippen MR) is 93.3 cm³/mol. The molecule has 0 radical (unpaired) electrons. The van der Waals surface area contributed by atoms with Gasteiger partial charge >= 0.3 is 0 Å². The molecule has 0 bridgehead atoms. The molecule has 3 heterocycles. The normalized spacial score (nSPS) is 23.5. The first-order chi connectivity index (χ1) is 11.7. The lowest BCUT2D eigenvalue weighted by Gasteiger charge is -2.21. The number of likely N-dealkylation sites (tertiary alicyclic amines) is 2. The van der Waals surface area contributed by atoms with Crippen molar-refractivity contribution in [1.82, 2.24) is 14.8 Å². The molecule has 2 atom stereocenters. The topological polar surface area (TPSA) is 45.7 Å². The molecule has 1 aromatic carbocycles. The Morgan fingerprint density at radius 1 is 1.21 bits per heavy atom. The Balaban J connectivity index is 1.33. The number of amides is 1. The Hall–Kier alpha value is -1.92. The van der Waals surface area contributed by atoms with Crippen LogP contribution in [0.5, 0.6) is 5.75 Å². The molecule has 1 aromatic heterocycles. The number of fused-ring (bicyclic) bond motifs is 1. The van der Waals surface area contributed by atoms with Crippen LogP contribution in [-0.4, -0.2) is 54.0 Å². The van der Waals surface area contributed by atoms with Gasteiger partial charge in [-0.1, -0.05) is 12.1 Å². The quantitative estimate of drug-likeness (QED) is 0.855. The van der Waals surface area contributed by atoms with E-state index in [4.69, 9.17) is 4.74 Å². The van der Waals surface area contributed by atoms with Gasteiger partial charge in [0.25, 0.3) is 5.91 Å². The molecule has 2 aromatic rings. The van der Waals surface area contributed by atoms with E-state index in [-0.39, 0.29) is 5.91 Å². The molecule has 126 valence electrons. The second kappa shape index (κ2) is 6.53. The predicted octanol–water partition coefficient (Wildman–Crippen LogP) is 2.36. The zero-order valence-corrected chi connectivity index (χ0v) is 14.5. The van der Waals surface area contributed by atoms with E-state index in [0.29, 0.717) is 17.5 Å². The molecule has 2 aliphatic heterocycles. The lowest BCUT2D eigenvalue weighted by molar-refractivity contribution is 0.0768. The molecule has 2 aliphatic rings. The molecular formula is C18H21N3O2S. The van der Waals surface area contributed by atoms with Crippen molar-refractivity contribution in [2.24, 2.45) is 11.8 Å². The van der Waals surface area contributed by atoms with Gasteiger partial charge in [0.1, 0.15) is 11.4 Å². The Labute approximate surface area is 145 Å². The summed E-state index contributed by atoms with van der Waals surface area (Å²) in [7, 11) is 1.69. The number of nitrogens with zero attached hydrogens (tertiary/aromatic N) is 3. The van der Waals surface area contributed by atoms with Crippen molar-refractivity contribution in [1.29, 1.82) is 0 Å². The number of carbonyl (C=O) groups is 1. The van der Waals surface area contributed by atoms with E-state index in [0.717, 1.165) is 38.5 Å². The summed E-state index contributed by atoms with van der Waals surface area (Å²) in [6, 6.07) is 8.29. The molecule has 2 saturated heterocycles. The standard InChI is InChI=1S/C18H21N3O2S/c1-23-16-4-2-13(3-5-16)6-20-7-14-9-21(10-15(14)8-20)18(22)17-11-24-12-19-17/h2-5,11-12,14-15H,6-10H2,1H3. The van der Waals surface area contributed by atoms with Gasteiger partial charge < -0.3 is 9.64 Å². The summed E-state index contributed by atoms with van der Waals surface area (Å²) in [5.74, 6) is 2.16. The summed E-state index contributed by atoms with van der Waals surface area (Å²) >= 11 is 1.48. The zero-order valence-electron chi connectivity index (χ0n) is 13.7. The molecule has 0 saturated carbocycles. The molecule has 0 N–H and O–H groups in total. The molecule has 4 rings (SSSR count). The number of ether oxygens (including phenoxy) is 1. The van der Waals surface area contributed by atoms with Crippen LogP contribution in [0.1, 0.15) is 16.1 Å². The minimum atomic E-state index is 0.0901. The smallest absolute Gasteiger partial charge is 0.273 e. The van der Waals surface area contributed by atoms with E-state index in [1.807, 2.05) is 22.4 Å². The highest BCUT2D eigenvalue weighted by Gasteiger charge is 2.41. The molecular weight excluding hydrogens is 322 g/mol. The second-order valence-corrected chi connectivity index (χ2v) is 7.36. The van der Waals surface area contributed by atoms with Crippen molar-refractivity contribution in [2.75, 3.05) is 33.3 Å². The van der Waals surface area contributed by atoms with Gasteiger partial charge in [0.2, 0.25) is 0 Å². The maximum absolute atomic E-state index is 12.4. The fourth-order valence-corrected chi connectivity index (χ4v) is 4.38. The van der Waals surface area contributed by atoms with Crippen LogP contribution < -0.4 is 4.74 Å². The Morgan fingerprint density at radius 2 is 1.92 bits per heavy atom. The highest BCUT2D eigenvalue weighted by atomic mass is 32.1. The van der Waals surface area contributed by atoms with Crippen LogP contribution >= 0.6 is 11.3 Å². The van der Waals surface area contributed by atoms with Gasteiger partial charge in [-0.2, -0.15) is 0 Å². The molecule has 2 fully saturated rings. The Bertz CT molecular complexity index is 688. The third-order valence-electron chi connectivity index (χ3n) is 5.07. The monoisotopic (exact) mass is 343 g/mol. The van der Waals surface area contributed by atoms with Crippen molar-refractivity contribution in [3.63, 3.8) is 0 Å². The van der Waals surface area contributed by atoms with Crippen molar-refractivity contribution in [3.05, 3.63) is 46.4 Å². The van der Waals surface area contributed by atoms with Crippen LogP contribution in [0.15, 0.2) is 35.2 Å². The Morgan fingerprint density at radius 3 is 2.50 bits per heavy atom. The van der Waals surface area contributed by atoms with Gasteiger partial charge in [0.15, 0.2) is 0 Å². The summed E-state index contributed by atoms with van der Waals surface area (Å²) in [5, 5.41) is 1.84. The van der Waals surface area contributed by atoms with E-state index in [2.05, 4.69) is 22.0 Å². The fourth-order valence-electron chi connectivity index (χ4n) is 3.85. The number of hydrogen-bond acceptors (Lipinski definition) is 5. The van der Waals surface area contributed by atoms with E-state index < -0.39 is 0 Å². The van der Waals surface area contributed by atoms with Crippen LogP contribution in [0.25, 0.3) is 0 Å². The van der Waals surface area contributed by atoms with Crippen LogP contribution in [-0.2, 0) is 6.54 Å². The van der Waals surface area contributed by atoms with E-state index in [9.17, 15) is 4.79 Å². The summed E-state index contributed by atoms with van der Waals surface area (Å²) in [6.45, 7) is 4.83. The first-order valence-electron chi connectivity index (χ1n) is 8.25. The maximum Gasteiger partial charge on any atom is 0.273 e. The van der Waals surface area contributed by atoms with Gasteiger partial charge in [0, 0.05) is 38.1 Å². The summed E-state index contributed by atoms with van der Waals surface area (Å²) < 4.78 is 5.21. The van der Waals surface area contributed by atoms with Crippen molar-refractivity contribution in [3.8, 4) is 5.75 Å². The van der Waals surface area contributed by atoms with Crippen molar-refractivity contribution >= 4 is 17.2 Å². The molecule has 1 amide bonds. The average Bonchev–Trinajstić information content (AvgIpc) is 3.31. The number of benzene rings is 1. The minimum absolute atomic E-state index is 0.0901. The third-order valence-corrected chi connectivity index (χ3v) is 5.65. The molecule has 5 nitrogen and oxygen atoms in total. The second-order valence-electron chi connectivity index (χ2n) is 6.65. The Kier molecular flexibility index (Phi) is 4.24. The maximum atomic E-state index is 12.4. The van der Waals surface area contributed by atoms with Crippen LogP contribution in [0.4, 0.5) is 0 Å². The van der Waals surface area contributed by atoms with Crippen molar-refractivity contribution in [2.45, 2.75) is 6.54 Å². The number of hydrogen-bond donors (Lipinski definition) is 0. The highest BCUT2D eigenvalue weighted by Crippen LogP contribution is 2.32. The lowest BCUT2D eigenvalue weighted by Crippen LogP contribution is -2.33. The number of aromatic nitrogens is 1. The first kappa shape index (κ1) is 15.6. The van der Waals surface area contributed by atoms with Gasteiger partial charge in [-0.15, -0.1) is 11.3 Å². The van der Waals surface area contributed by atoms with Crippen LogP contribution in [0.2, 0.25) is 0 Å². The van der Waals surface area contributed by atoms with Gasteiger partial charge in [0.05, 0.1) is 12.6 Å². The zero-order chi connectivity index (χ0) is 16.5. The van der Waals surface area contributed by atoms with E-state index in [1.165, 1.54) is 16.9 Å². The van der Waals surface area contributed by atoms with Gasteiger partial charge in [-0.25, -0.2) is 4.98 Å².